The molecular weight excluding hydrogens is 578 g/mol. The van der Waals surface area contributed by atoms with Crippen molar-refractivity contribution in [2.24, 2.45) is 0 Å². The van der Waals surface area contributed by atoms with E-state index in [-0.39, 0.29) is 31.1 Å². The first-order valence-corrected chi connectivity index (χ1v) is 15.9. The highest BCUT2D eigenvalue weighted by atomic mass is 16.5. The van der Waals surface area contributed by atoms with Crippen LogP contribution in [0.15, 0.2) is 97.1 Å². The molecule has 4 amide bonds. The van der Waals surface area contributed by atoms with Gasteiger partial charge in [-0.3, -0.25) is 14.6 Å². The average molecular weight is 622 g/mol. The molecule has 0 aromatic heterocycles. The van der Waals surface area contributed by atoms with Crippen molar-refractivity contribution in [3.8, 4) is 5.75 Å². The maximum absolute atomic E-state index is 13.8. The number of methoxy groups -OCH3 is 1. The van der Waals surface area contributed by atoms with Crippen LogP contribution in [0, 0.1) is 0 Å². The summed E-state index contributed by atoms with van der Waals surface area (Å²) < 4.78 is 5.25. The number of hydrogen-bond acceptors (Lipinski definition) is 5. The normalized spacial score (nSPS) is 15.5. The van der Waals surface area contributed by atoms with Crippen molar-refractivity contribution >= 4 is 29.1 Å². The zero-order valence-corrected chi connectivity index (χ0v) is 26.8. The van der Waals surface area contributed by atoms with Crippen molar-refractivity contribution in [3.05, 3.63) is 114 Å². The lowest BCUT2D eigenvalue weighted by molar-refractivity contribution is -0.132. The molecule has 240 valence electrons. The van der Waals surface area contributed by atoms with Crippen LogP contribution in [0.25, 0.3) is 10.8 Å². The topological polar surface area (TPSA) is 85.4 Å². The number of fused-ring (bicyclic) bond motifs is 1. The molecule has 9 nitrogen and oxygen atoms in total. The largest absolute Gasteiger partial charge is 0.497 e. The zero-order valence-electron chi connectivity index (χ0n) is 26.8. The van der Waals surface area contributed by atoms with Gasteiger partial charge in [0.05, 0.1) is 20.2 Å². The first kappa shape index (κ1) is 32.5. The number of hydrogen-bond donors (Lipinski definition) is 1. The Labute approximate surface area is 271 Å². The molecular formula is C37H43N5O4. The molecule has 1 aliphatic rings. The maximum Gasteiger partial charge on any atom is 0.332 e. The van der Waals surface area contributed by atoms with Gasteiger partial charge in [-0.25, -0.2) is 4.79 Å². The van der Waals surface area contributed by atoms with Crippen LogP contribution in [0.4, 0.5) is 4.79 Å². The van der Waals surface area contributed by atoms with E-state index in [1.54, 1.807) is 17.0 Å². The lowest BCUT2D eigenvalue weighted by Crippen LogP contribution is -2.58. The number of hydrazine groups is 1. The third-order valence-corrected chi connectivity index (χ3v) is 8.48. The van der Waals surface area contributed by atoms with Gasteiger partial charge in [0.1, 0.15) is 11.9 Å². The van der Waals surface area contributed by atoms with Crippen molar-refractivity contribution in [1.29, 1.82) is 0 Å². The van der Waals surface area contributed by atoms with Gasteiger partial charge in [-0.2, -0.15) is 5.01 Å². The number of ether oxygens (including phenoxy) is 1. The highest BCUT2D eigenvalue weighted by Crippen LogP contribution is 2.26. The van der Waals surface area contributed by atoms with E-state index in [1.165, 1.54) is 0 Å². The summed E-state index contributed by atoms with van der Waals surface area (Å²) in [4.78, 5) is 43.8. The van der Waals surface area contributed by atoms with Crippen LogP contribution in [0.3, 0.4) is 0 Å². The van der Waals surface area contributed by atoms with Crippen LogP contribution < -0.4 is 10.1 Å². The summed E-state index contributed by atoms with van der Waals surface area (Å²) in [6.07, 6.45) is 1.65. The fourth-order valence-electron chi connectivity index (χ4n) is 6.23. The molecule has 1 N–H and O–H groups in total. The fraction of sp³-hybridized carbons (Fsp3) is 0.324. The number of carbonyl (C=O) groups is 3. The Morgan fingerprint density at radius 1 is 0.978 bits per heavy atom. The van der Waals surface area contributed by atoms with E-state index in [2.05, 4.69) is 35.6 Å². The van der Waals surface area contributed by atoms with Crippen molar-refractivity contribution < 1.29 is 19.1 Å². The third-order valence-electron chi connectivity index (χ3n) is 8.48. The van der Waals surface area contributed by atoms with Crippen LogP contribution in [-0.2, 0) is 29.1 Å². The van der Waals surface area contributed by atoms with E-state index in [4.69, 9.17) is 4.74 Å². The van der Waals surface area contributed by atoms with Gasteiger partial charge in [0, 0.05) is 25.7 Å². The predicted octanol–water partition coefficient (Wildman–Crippen LogP) is 5.45. The van der Waals surface area contributed by atoms with E-state index in [9.17, 15) is 14.4 Å². The first-order valence-electron chi connectivity index (χ1n) is 15.9. The van der Waals surface area contributed by atoms with E-state index in [0.29, 0.717) is 32.5 Å². The number of rotatable bonds is 14. The molecule has 4 aromatic carbocycles. The highest BCUT2D eigenvalue weighted by Gasteiger charge is 2.45. The van der Waals surface area contributed by atoms with Gasteiger partial charge in [0.25, 0.3) is 0 Å². The fourth-order valence-corrected chi connectivity index (χ4v) is 6.23. The smallest absolute Gasteiger partial charge is 0.332 e. The Hall–Kier alpha value is -4.89. The molecule has 9 heteroatoms. The lowest BCUT2D eigenvalue weighted by Gasteiger charge is -2.40. The molecule has 1 saturated heterocycles. The van der Waals surface area contributed by atoms with E-state index >= 15 is 0 Å². The second kappa shape index (κ2) is 15.4. The molecule has 5 rings (SSSR count). The minimum Gasteiger partial charge on any atom is -0.497 e. The minimum atomic E-state index is -0.537. The predicted molar refractivity (Wildman–Crippen MR) is 180 cm³/mol. The summed E-state index contributed by atoms with van der Waals surface area (Å²) in [5.74, 6) is 0.669. The summed E-state index contributed by atoms with van der Waals surface area (Å²) in [6, 6.07) is 31.3. The van der Waals surface area contributed by atoms with Crippen LogP contribution in [0.5, 0.6) is 5.75 Å². The molecule has 4 aromatic rings. The Morgan fingerprint density at radius 3 is 2.41 bits per heavy atom. The van der Waals surface area contributed by atoms with Gasteiger partial charge in [-0.05, 0) is 59.4 Å². The first-order chi connectivity index (χ1) is 22.4. The standard InChI is InChI=1S/C37H43N5O4/c1-4-21-40(37(45)38-23-30-17-19-33(46-3)20-18-30)41-26-36(44)42(28(2)22-29-11-6-5-7-12-29)35(41)25-39(27-43)24-32-15-10-14-31-13-8-9-16-34(31)32/h5-20,27-28,35H,4,21-26H2,1-3H3,(H,38,45)/t28-,35-/m1/s1. The summed E-state index contributed by atoms with van der Waals surface area (Å²) in [7, 11) is 1.62. The number of amides is 4. The number of benzene rings is 4. The van der Waals surface area contributed by atoms with E-state index in [1.807, 2.05) is 90.5 Å². The monoisotopic (exact) mass is 621 g/mol. The zero-order chi connectivity index (χ0) is 32.5. The van der Waals surface area contributed by atoms with Gasteiger partial charge in [-0.1, -0.05) is 91.9 Å². The molecule has 0 spiro atoms. The van der Waals surface area contributed by atoms with Crippen LogP contribution in [0.1, 0.15) is 37.0 Å². The van der Waals surface area contributed by atoms with Gasteiger partial charge in [0.15, 0.2) is 0 Å². The molecule has 0 saturated carbocycles. The molecule has 46 heavy (non-hydrogen) atoms. The molecule has 1 aliphatic heterocycles. The van der Waals surface area contributed by atoms with E-state index in [0.717, 1.165) is 39.6 Å². The van der Waals surface area contributed by atoms with Gasteiger partial charge < -0.3 is 19.9 Å². The number of nitrogens with zero attached hydrogens (tertiary/aromatic N) is 4. The maximum atomic E-state index is 13.8. The van der Waals surface area contributed by atoms with Crippen LogP contribution in [-0.4, -0.2) is 77.1 Å². The summed E-state index contributed by atoms with van der Waals surface area (Å²) in [5.41, 5.74) is 3.07. The number of carbonyl (C=O) groups excluding carboxylic acids is 3. The van der Waals surface area contributed by atoms with Crippen LogP contribution >= 0.6 is 0 Å². The molecule has 1 heterocycles. The summed E-state index contributed by atoms with van der Waals surface area (Å²) in [6.45, 7) is 5.44. The summed E-state index contributed by atoms with van der Waals surface area (Å²) >= 11 is 0. The Morgan fingerprint density at radius 2 is 1.70 bits per heavy atom. The minimum absolute atomic E-state index is 0.0424. The quantitative estimate of drug-likeness (QED) is 0.190. The average Bonchev–Trinajstić information content (AvgIpc) is 3.41. The second-order valence-corrected chi connectivity index (χ2v) is 11.7. The van der Waals surface area contributed by atoms with Gasteiger partial charge in [-0.15, -0.1) is 0 Å². The SMILES string of the molecule is CCCN(C(=O)NCc1ccc(OC)cc1)N1CC(=O)N([C@H](C)Cc2ccccc2)[C@@H]1CN(C=O)Cc1cccc2ccccc12. The molecule has 0 radical (unpaired) electrons. The Balaban J connectivity index is 1.41. The second-order valence-electron chi connectivity index (χ2n) is 11.7. The number of urea groups is 1. The van der Waals surface area contributed by atoms with E-state index < -0.39 is 6.17 Å². The van der Waals surface area contributed by atoms with Gasteiger partial charge >= 0.3 is 6.03 Å². The molecule has 2 atom stereocenters. The van der Waals surface area contributed by atoms with Crippen molar-refractivity contribution in [2.45, 2.75) is 52.0 Å². The molecule has 0 unspecified atom stereocenters. The molecule has 0 aliphatic carbocycles. The highest BCUT2D eigenvalue weighted by molar-refractivity contribution is 5.86. The summed E-state index contributed by atoms with van der Waals surface area (Å²) in [5, 5.41) is 8.70. The Bertz CT molecular complexity index is 1610. The molecule has 1 fully saturated rings. The van der Waals surface area contributed by atoms with Crippen LogP contribution in [0.2, 0.25) is 0 Å². The molecule has 0 bridgehead atoms. The Kier molecular flexibility index (Phi) is 10.9. The third kappa shape index (κ3) is 7.66. The van der Waals surface area contributed by atoms with Crippen molar-refractivity contribution in [3.63, 3.8) is 0 Å². The lowest BCUT2D eigenvalue weighted by atomic mass is 10.0. The van der Waals surface area contributed by atoms with Gasteiger partial charge in [0.2, 0.25) is 12.3 Å². The van der Waals surface area contributed by atoms with Crippen molar-refractivity contribution in [1.82, 2.24) is 25.1 Å². The van der Waals surface area contributed by atoms with Crippen molar-refractivity contribution in [2.75, 3.05) is 26.7 Å². The number of nitrogens with one attached hydrogen (secondary N) is 1.